The van der Waals surface area contributed by atoms with Crippen LogP contribution in [0.2, 0.25) is 0 Å². The largest absolute Gasteiger partial charge is 0.497 e. The number of sulfonamides is 1. The van der Waals surface area contributed by atoms with Gasteiger partial charge < -0.3 is 9.47 Å². The third kappa shape index (κ3) is 4.46. The minimum atomic E-state index is -3.98. The van der Waals surface area contributed by atoms with Gasteiger partial charge in [0.25, 0.3) is 0 Å². The Bertz CT molecular complexity index is 1080. The van der Waals surface area contributed by atoms with Crippen molar-refractivity contribution < 1.29 is 22.7 Å². The van der Waals surface area contributed by atoms with Gasteiger partial charge in [-0.05, 0) is 36.8 Å². The summed E-state index contributed by atoms with van der Waals surface area (Å²) in [5, 5.41) is 0. The van der Waals surface area contributed by atoms with Crippen LogP contribution in [0.25, 0.3) is 11.0 Å². The standard InChI is InChI=1S/C18H19N3O5S2/c1-3-26-17(22)11-15(12-6-4-7-13(10-12)25-2)21-28(23,24)16-9-5-8-14-18(16)20-27-19-14/h4-10,15,21H,3,11H2,1-2H3. The molecule has 0 aliphatic carbocycles. The summed E-state index contributed by atoms with van der Waals surface area (Å²) in [6, 6.07) is 10.8. The van der Waals surface area contributed by atoms with Gasteiger partial charge in [0.05, 0.1) is 37.9 Å². The van der Waals surface area contributed by atoms with Crippen LogP contribution in [-0.2, 0) is 19.6 Å². The predicted octanol–water partition coefficient (Wildman–Crippen LogP) is 2.67. The van der Waals surface area contributed by atoms with Crippen LogP contribution >= 0.6 is 11.7 Å². The molecular weight excluding hydrogens is 402 g/mol. The van der Waals surface area contributed by atoms with E-state index in [1.165, 1.54) is 13.2 Å². The number of carbonyl (C=O) groups is 1. The molecule has 0 bridgehead atoms. The molecule has 1 aromatic heterocycles. The molecule has 0 saturated heterocycles. The number of carbonyl (C=O) groups excluding carboxylic acids is 1. The quantitative estimate of drug-likeness (QED) is 0.557. The molecule has 0 aliphatic heterocycles. The average molecular weight is 422 g/mol. The van der Waals surface area contributed by atoms with Crippen LogP contribution in [0.1, 0.15) is 24.9 Å². The third-order valence-corrected chi connectivity index (χ3v) is 6.05. The Morgan fingerprint density at radius 3 is 2.75 bits per heavy atom. The van der Waals surface area contributed by atoms with Crippen LogP contribution in [0, 0.1) is 0 Å². The third-order valence-electron chi connectivity index (χ3n) is 4.01. The highest BCUT2D eigenvalue weighted by molar-refractivity contribution is 7.89. The van der Waals surface area contributed by atoms with Crippen LogP contribution in [0.3, 0.4) is 0 Å². The van der Waals surface area contributed by atoms with Gasteiger partial charge in [-0.25, -0.2) is 13.1 Å². The van der Waals surface area contributed by atoms with Gasteiger partial charge in [0, 0.05) is 0 Å². The van der Waals surface area contributed by atoms with Crippen molar-refractivity contribution in [3.63, 3.8) is 0 Å². The maximum atomic E-state index is 13.1. The summed E-state index contributed by atoms with van der Waals surface area (Å²) in [5.41, 5.74) is 1.37. The second kappa shape index (κ2) is 8.63. The van der Waals surface area contributed by atoms with Gasteiger partial charge in [0.15, 0.2) is 0 Å². The molecule has 0 saturated carbocycles. The van der Waals surface area contributed by atoms with E-state index in [2.05, 4.69) is 13.5 Å². The van der Waals surface area contributed by atoms with Crippen LogP contribution in [0.4, 0.5) is 0 Å². The molecule has 3 rings (SSSR count). The first kappa shape index (κ1) is 20.2. The van der Waals surface area contributed by atoms with Crippen LogP contribution < -0.4 is 9.46 Å². The topological polar surface area (TPSA) is 107 Å². The molecule has 0 fully saturated rings. The number of hydrogen-bond acceptors (Lipinski definition) is 8. The van der Waals surface area contributed by atoms with Crippen molar-refractivity contribution in [1.29, 1.82) is 0 Å². The zero-order valence-corrected chi connectivity index (χ0v) is 16.9. The first-order valence-corrected chi connectivity index (χ1v) is 10.7. The van der Waals surface area contributed by atoms with Crippen LogP contribution in [-0.4, -0.2) is 36.9 Å². The van der Waals surface area contributed by atoms with Gasteiger partial charge in [-0.3, -0.25) is 4.79 Å². The van der Waals surface area contributed by atoms with Crippen molar-refractivity contribution in [2.75, 3.05) is 13.7 Å². The summed E-state index contributed by atoms with van der Waals surface area (Å²) in [5.74, 6) is 0.0444. The molecule has 28 heavy (non-hydrogen) atoms. The molecule has 0 radical (unpaired) electrons. The first-order chi connectivity index (χ1) is 13.4. The van der Waals surface area contributed by atoms with E-state index < -0.39 is 22.0 Å². The summed E-state index contributed by atoms with van der Waals surface area (Å²) < 4.78 is 47.1. The van der Waals surface area contributed by atoms with Crippen molar-refractivity contribution in [1.82, 2.24) is 13.5 Å². The zero-order valence-electron chi connectivity index (χ0n) is 15.3. The van der Waals surface area contributed by atoms with E-state index in [0.29, 0.717) is 22.3 Å². The summed E-state index contributed by atoms with van der Waals surface area (Å²) >= 11 is 0.938. The lowest BCUT2D eigenvalue weighted by atomic mass is 10.0. The molecule has 8 nitrogen and oxygen atoms in total. The van der Waals surface area contributed by atoms with Crippen molar-refractivity contribution >= 4 is 38.8 Å². The lowest BCUT2D eigenvalue weighted by molar-refractivity contribution is -0.143. The highest BCUT2D eigenvalue weighted by atomic mass is 32.2. The van der Waals surface area contributed by atoms with Gasteiger partial charge in [-0.1, -0.05) is 18.2 Å². The van der Waals surface area contributed by atoms with E-state index in [1.54, 1.807) is 43.3 Å². The van der Waals surface area contributed by atoms with Crippen molar-refractivity contribution in [2.24, 2.45) is 0 Å². The fourth-order valence-corrected chi connectivity index (χ4v) is 4.71. The summed E-state index contributed by atoms with van der Waals surface area (Å²) in [4.78, 5) is 12.1. The molecule has 1 atom stereocenters. The Kier molecular flexibility index (Phi) is 6.22. The number of esters is 1. The van der Waals surface area contributed by atoms with Gasteiger partial charge in [0.2, 0.25) is 10.0 Å². The molecule has 148 valence electrons. The van der Waals surface area contributed by atoms with E-state index in [1.807, 2.05) is 0 Å². The number of methoxy groups -OCH3 is 1. The lowest BCUT2D eigenvalue weighted by Gasteiger charge is -2.19. The highest BCUT2D eigenvalue weighted by Gasteiger charge is 2.27. The molecule has 0 aliphatic rings. The Labute approximate surface area is 166 Å². The van der Waals surface area contributed by atoms with Gasteiger partial charge in [-0.15, -0.1) is 0 Å². The maximum absolute atomic E-state index is 13.1. The highest BCUT2D eigenvalue weighted by Crippen LogP contribution is 2.27. The van der Waals surface area contributed by atoms with E-state index in [0.717, 1.165) is 11.7 Å². The fourth-order valence-electron chi connectivity index (χ4n) is 2.72. The zero-order chi connectivity index (χ0) is 20.1. The van der Waals surface area contributed by atoms with Crippen molar-refractivity contribution in [2.45, 2.75) is 24.3 Å². The monoisotopic (exact) mass is 421 g/mol. The second-order valence-corrected chi connectivity index (χ2v) is 8.06. The molecule has 0 spiro atoms. The molecule has 10 heteroatoms. The number of nitrogens with zero attached hydrogens (tertiary/aromatic N) is 2. The van der Waals surface area contributed by atoms with E-state index in [9.17, 15) is 13.2 Å². The van der Waals surface area contributed by atoms with Gasteiger partial charge in [-0.2, -0.15) is 8.75 Å². The fraction of sp³-hybridized carbons (Fsp3) is 0.278. The molecule has 2 aromatic carbocycles. The minimum Gasteiger partial charge on any atom is -0.497 e. The number of nitrogens with one attached hydrogen (secondary N) is 1. The lowest BCUT2D eigenvalue weighted by Crippen LogP contribution is -2.31. The Morgan fingerprint density at radius 2 is 2.00 bits per heavy atom. The Hall–Kier alpha value is -2.56. The van der Waals surface area contributed by atoms with Crippen molar-refractivity contribution in [3.8, 4) is 5.75 Å². The first-order valence-electron chi connectivity index (χ1n) is 8.47. The summed E-state index contributed by atoms with van der Waals surface area (Å²) in [7, 11) is -2.47. The van der Waals surface area contributed by atoms with Crippen LogP contribution in [0.5, 0.6) is 5.75 Å². The van der Waals surface area contributed by atoms with E-state index in [4.69, 9.17) is 9.47 Å². The number of hydrogen-bond donors (Lipinski definition) is 1. The molecular formula is C18H19N3O5S2. The molecule has 1 heterocycles. The molecule has 0 amide bonds. The SMILES string of the molecule is CCOC(=O)CC(NS(=O)(=O)c1cccc2nsnc12)c1cccc(OC)c1. The van der Waals surface area contributed by atoms with E-state index >= 15 is 0 Å². The van der Waals surface area contributed by atoms with Gasteiger partial charge >= 0.3 is 5.97 Å². The normalized spacial score (nSPS) is 12.6. The molecule has 3 aromatic rings. The number of ether oxygens (including phenoxy) is 2. The predicted molar refractivity (Wildman–Crippen MR) is 105 cm³/mol. The second-order valence-electron chi connectivity index (χ2n) is 5.85. The number of rotatable bonds is 8. The molecule has 1 N–H and O–H groups in total. The maximum Gasteiger partial charge on any atom is 0.307 e. The number of fused-ring (bicyclic) bond motifs is 1. The Morgan fingerprint density at radius 1 is 1.21 bits per heavy atom. The number of aromatic nitrogens is 2. The Balaban J connectivity index is 1.97. The summed E-state index contributed by atoms with van der Waals surface area (Å²) in [6.07, 6.45) is -0.161. The molecule has 1 unspecified atom stereocenters. The van der Waals surface area contributed by atoms with E-state index in [-0.39, 0.29) is 17.9 Å². The minimum absolute atomic E-state index is 0.00973. The average Bonchev–Trinajstić information content (AvgIpc) is 3.16. The van der Waals surface area contributed by atoms with Crippen molar-refractivity contribution in [3.05, 3.63) is 48.0 Å². The smallest absolute Gasteiger partial charge is 0.307 e. The van der Waals surface area contributed by atoms with Gasteiger partial charge in [0.1, 0.15) is 21.7 Å². The number of benzene rings is 2. The summed E-state index contributed by atoms with van der Waals surface area (Å²) in [6.45, 7) is 1.90. The van der Waals surface area contributed by atoms with Crippen LogP contribution in [0.15, 0.2) is 47.4 Å².